The minimum atomic E-state index is -1.01. The van der Waals surface area contributed by atoms with Crippen LogP contribution in [0.4, 0.5) is 4.79 Å². The number of aliphatic carboxylic acids is 1. The number of hydrogen-bond donors (Lipinski definition) is 1. The van der Waals surface area contributed by atoms with Crippen LogP contribution in [0.2, 0.25) is 0 Å². The van der Waals surface area contributed by atoms with Gasteiger partial charge >= 0.3 is 12.1 Å². The molecule has 0 rings (SSSR count). The highest BCUT2D eigenvalue weighted by atomic mass is 16.6. The third kappa shape index (κ3) is 5.06. The lowest BCUT2D eigenvalue weighted by Gasteiger charge is -2.31. The van der Waals surface area contributed by atoms with Gasteiger partial charge in [0.1, 0.15) is 11.6 Å². The zero-order valence-electron chi connectivity index (χ0n) is 11.5. The molecule has 0 fully saturated rings. The first-order valence-corrected chi connectivity index (χ1v) is 5.78. The van der Waals surface area contributed by atoms with Gasteiger partial charge in [-0.05, 0) is 26.7 Å². The number of carbonyl (C=O) groups excluding carboxylic acids is 1. The summed E-state index contributed by atoms with van der Waals surface area (Å²) in [5.74, 6) is -1.13. The zero-order valence-corrected chi connectivity index (χ0v) is 11.5. The maximum Gasteiger partial charge on any atom is 0.410 e. The van der Waals surface area contributed by atoms with Crippen molar-refractivity contribution in [2.75, 3.05) is 7.05 Å². The van der Waals surface area contributed by atoms with Gasteiger partial charge < -0.3 is 9.84 Å². The van der Waals surface area contributed by atoms with E-state index in [1.165, 1.54) is 7.05 Å². The molecule has 5 nitrogen and oxygen atoms in total. The third-order valence-electron chi connectivity index (χ3n) is 2.53. The van der Waals surface area contributed by atoms with Gasteiger partial charge in [-0.3, -0.25) is 4.90 Å². The van der Waals surface area contributed by atoms with Gasteiger partial charge in [0.25, 0.3) is 0 Å². The number of ether oxygens (including phenoxy) is 1. The third-order valence-corrected chi connectivity index (χ3v) is 2.53. The van der Waals surface area contributed by atoms with E-state index in [-0.39, 0.29) is 5.92 Å². The van der Waals surface area contributed by atoms with Crippen molar-refractivity contribution in [3.05, 3.63) is 0 Å². The molecule has 0 saturated heterocycles. The maximum absolute atomic E-state index is 11.8. The lowest BCUT2D eigenvalue weighted by atomic mass is 9.98. The van der Waals surface area contributed by atoms with E-state index < -0.39 is 23.7 Å². The Morgan fingerprint density at radius 2 is 1.82 bits per heavy atom. The topological polar surface area (TPSA) is 66.8 Å². The summed E-state index contributed by atoms with van der Waals surface area (Å²) in [7, 11) is 1.46. The van der Waals surface area contributed by atoms with Gasteiger partial charge in [0.2, 0.25) is 0 Å². The largest absolute Gasteiger partial charge is 0.480 e. The Morgan fingerprint density at radius 1 is 1.35 bits per heavy atom. The Kier molecular flexibility index (Phi) is 5.45. The number of carboxylic acid groups (broad SMARTS) is 1. The van der Waals surface area contributed by atoms with Gasteiger partial charge in [0, 0.05) is 7.05 Å². The van der Waals surface area contributed by atoms with Crippen LogP contribution in [0.1, 0.15) is 41.0 Å². The van der Waals surface area contributed by atoms with Gasteiger partial charge in [-0.1, -0.05) is 20.3 Å². The van der Waals surface area contributed by atoms with Crippen molar-refractivity contribution in [3.8, 4) is 0 Å². The van der Waals surface area contributed by atoms with Crippen molar-refractivity contribution in [2.24, 2.45) is 5.92 Å². The number of amides is 1. The molecule has 1 N–H and O–H groups in total. The molecule has 0 aromatic carbocycles. The highest BCUT2D eigenvalue weighted by molar-refractivity contribution is 5.80. The van der Waals surface area contributed by atoms with Crippen molar-refractivity contribution in [3.63, 3.8) is 0 Å². The molecule has 0 aliphatic carbocycles. The number of likely N-dealkylation sites (N-methyl/N-ethyl adjacent to an activating group) is 1. The van der Waals surface area contributed by atoms with Crippen LogP contribution in [0.3, 0.4) is 0 Å². The number of carbonyl (C=O) groups is 2. The second-order valence-corrected chi connectivity index (χ2v) is 5.26. The standard InChI is InChI=1S/C12H23NO4/c1-7-8(2)9(10(14)15)13(6)11(16)17-12(3,4)5/h8-9H,7H2,1-6H3,(H,14,15)/t8-,9-/m0/s1. The first-order valence-electron chi connectivity index (χ1n) is 5.78. The second kappa shape index (κ2) is 5.89. The fourth-order valence-corrected chi connectivity index (χ4v) is 1.46. The van der Waals surface area contributed by atoms with E-state index in [2.05, 4.69) is 0 Å². The summed E-state index contributed by atoms with van der Waals surface area (Å²) < 4.78 is 5.15. The van der Waals surface area contributed by atoms with Crippen LogP contribution < -0.4 is 0 Å². The molecule has 0 aromatic heterocycles. The van der Waals surface area contributed by atoms with Gasteiger partial charge in [0.15, 0.2) is 0 Å². The second-order valence-electron chi connectivity index (χ2n) is 5.26. The fraction of sp³-hybridized carbons (Fsp3) is 0.833. The molecule has 0 saturated carbocycles. The summed E-state index contributed by atoms with van der Waals surface area (Å²) in [6.45, 7) is 8.94. The van der Waals surface area contributed by atoms with E-state index in [9.17, 15) is 9.59 Å². The number of nitrogens with zero attached hydrogens (tertiary/aromatic N) is 1. The van der Waals surface area contributed by atoms with Crippen LogP contribution >= 0.6 is 0 Å². The van der Waals surface area contributed by atoms with Crippen molar-refractivity contribution in [1.82, 2.24) is 4.90 Å². The van der Waals surface area contributed by atoms with Crippen LogP contribution in [0, 0.1) is 5.92 Å². The average molecular weight is 245 g/mol. The molecule has 0 aliphatic rings. The first-order chi connectivity index (χ1) is 7.60. The molecule has 2 atom stereocenters. The predicted octanol–water partition coefficient (Wildman–Crippen LogP) is 2.35. The quantitative estimate of drug-likeness (QED) is 0.825. The molecule has 1 amide bonds. The van der Waals surface area contributed by atoms with Gasteiger partial charge in [-0.2, -0.15) is 0 Å². The number of rotatable bonds is 4. The molecule has 0 spiro atoms. The number of carboxylic acids is 1. The molecule has 17 heavy (non-hydrogen) atoms. The molecule has 0 radical (unpaired) electrons. The molecule has 0 bridgehead atoms. The van der Waals surface area contributed by atoms with Crippen molar-refractivity contribution >= 4 is 12.1 Å². The molecule has 0 aliphatic heterocycles. The van der Waals surface area contributed by atoms with E-state index in [1.807, 2.05) is 6.92 Å². The van der Waals surface area contributed by atoms with Gasteiger partial charge in [-0.15, -0.1) is 0 Å². The molecular weight excluding hydrogens is 222 g/mol. The van der Waals surface area contributed by atoms with Crippen LogP contribution in [-0.2, 0) is 9.53 Å². The summed E-state index contributed by atoms with van der Waals surface area (Å²) in [5.41, 5.74) is -0.621. The van der Waals surface area contributed by atoms with Crippen LogP contribution in [0.15, 0.2) is 0 Å². The molecule has 0 unspecified atom stereocenters. The SMILES string of the molecule is CC[C@H](C)[C@@H](C(=O)O)N(C)C(=O)OC(C)(C)C. The van der Waals surface area contributed by atoms with Gasteiger partial charge in [-0.25, -0.2) is 9.59 Å². The van der Waals surface area contributed by atoms with Crippen molar-refractivity contribution in [1.29, 1.82) is 0 Å². The summed E-state index contributed by atoms with van der Waals surface area (Å²) >= 11 is 0. The molecule has 100 valence electrons. The van der Waals surface area contributed by atoms with Crippen LogP contribution in [0.25, 0.3) is 0 Å². The van der Waals surface area contributed by atoms with E-state index in [1.54, 1.807) is 27.7 Å². The highest BCUT2D eigenvalue weighted by Crippen LogP contribution is 2.17. The number of hydrogen-bond acceptors (Lipinski definition) is 3. The summed E-state index contributed by atoms with van der Waals surface area (Å²) in [6, 6.07) is -0.852. The van der Waals surface area contributed by atoms with E-state index >= 15 is 0 Å². The van der Waals surface area contributed by atoms with Gasteiger partial charge in [0.05, 0.1) is 0 Å². The summed E-state index contributed by atoms with van der Waals surface area (Å²) in [6.07, 6.45) is 0.0783. The average Bonchev–Trinajstić information content (AvgIpc) is 2.14. The normalized spacial score (nSPS) is 14.9. The van der Waals surface area contributed by atoms with Crippen LogP contribution in [0.5, 0.6) is 0 Å². The lowest BCUT2D eigenvalue weighted by molar-refractivity contribution is -0.144. The smallest absolute Gasteiger partial charge is 0.410 e. The molecule has 5 heteroatoms. The molecule has 0 aromatic rings. The Balaban J connectivity index is 4.79. The summed E-state index contributed by atoms with van der Waals surface area (Å²) in [5, 5.41) is 9.14. The Labute approximate surface area is 103 Å². The molecular formula is C12H23NO4. The highest BCUT2D eigenvalue weighted by Gasteiger charge is 2.33. The van der Waals surface area contributed by atoms with Crippen LogP contribution in [-0.4, -0.2) is 40.8 Å². The maximum atomic E-state index is 11.8. The first kappa shape index (κ1) is 15.7. The van der Waals surface area contributed by atoms with E-state index in [0.717, 1.165) is 4.90 Å². The Bertz CT molecular complexity index is 283. The van der Waals surface area contributed by atoms with Crippen molar-refractivity contribution < 1.29 is 19.4 Å². The Morgan fingerprint density at radius 3 is 2.12 bits per heavy atom. The zero-order chi connectivity index (χ0) is 13.8. The molecule has 0 heterocycles. The minimum absolute atomic E-state index is 0.120. The minimum Gasteiger partial charge on any atom is -0.480 e. The monoisotopic (exact) mass is 245 g/mol. The van der Waals surface area contributed by atoms with Crippen molar-refractivity contribution in [2.45, 2.75) is 52.7 Å². The Hall–Kier alpha value is -1.26. The van der Waals surface area contributed by atoms with E-state index in [4.69, 9.17) is 9.84 Å². The summed E-state index contributed by atoms with van der Waals surface area (Å²) in [4.78, 5) is 24.1. The lowest BCUT2D eigenvalue weighted by Crippen LogP contribution is -2.48. The predicted molar refractivity (Wildman–Crippen MR) is 64.9 cm³/mol. The fourth-order valence-electron chi connectivity index (χ4n) is 1.46. The van der Waals surface area contributed by atoms with E-state index in [0.29, 0.717) is 6.42 Å².